The van der Waals surface area contributed by atoms with Gasteiger partial charge in [0.05, 0.1) is 17.5 Å². The van der Waals surface area contributed by atoms with Crippen molar-refractivity contribution in [2.45, 2.75) is 59.5 Å². The lowest BCUT2D eigenvalue weighted by molar-refractivity contribution is -0.192. The number of rotatable bonds is 11. The van der Waals surface area contributed by atoms with Crippen LogP contribution in [0.5, 0.6) is 0 Å². The molecule has 0 aliphatic carbocycles. The van der Waals surface area contributed by atoms with E-state index in [0.717, 1.165) is 31.9 Å². The van der Waals surface area contributed by atoms with E-state index in [1.165, 1.54) is 0 Å². The third-order valence-electron chi connectivity index (χ3n) is 4.98. The van der Waals surface area contributed by atoms with Crippen LogP contribution in [-0.4, -0.2) is 55.0 Å². The molecule has 0 saturated heterocycles. The second kappa shape index (κ2) is 13.8. The van der Waals surface area contributed by atoms with Gasteiger partial charge in [-0.1, -0.05) is 35.4 Å². The minimum absolute atomic E-state index is 0.197. The number of carbonyl (C=O) groups excluding carboxylic acids is 5. The van der Waals surface area contributed by atoms with Crippen LogP contribution in [0.3, 0.4) is 0 Å². The van der Waals surface area contributed by atoms with Crippen LogP contribution in [-0.2, 0) is 38.1 Å². The molecule has 0 aromatic heterocycles. The first kappa shape index (κ1) is 29.0. The van der Waals surface area contributed by atoms with Crippen molar-refractivity contribution < 1.29 is 47.7 Å². The van der Waals surface area contributed by atoms with Gasteiger partial charge in [-0.3, -0.25) is 14.4 Å². The Labute approximate surface area is 214 Å². The van der Waals surface area contributed by atoms with E-state index < -0.39 is 61.4 Å². The highest BCUT2D eigenvalue weighted by Crippen LogP contribution is 2.20. The summed E-state index contributed by atoms with van der Waals surface area (Å²) < 4.78 is 26.4. The van der Waals surface area contributed by atoms with E-state index in [4.69, 9.17) is 23.7 Å². The van der Waals surface area contributed by atoms with E-state index in [1.54, 1.807) is 48.5 Å². The van der Waals surface area contributed by atoms with Gasteiger partial charge in [0.1, 0.15) is 12.7 Å². The molecule has 0 bridgehead atoms. The summed E-state index contributed by atoms with van der Waals surface area (Å²) in [5, 5.41) is 0. The van der Waals surface area contributed by atoms with Crippen LogP contribution in [0.15, 0.2) is 48.5 Å². The standard InChI is InChI=1S/C27H30O10/c1-16-6-10-21(11-7-16)26(31)36-23(14-25(34-19(4)29)35-20(5)30)24(15-33-18(3)28)37-27(32)22-12-8-17(2)9-13-22/h6-13,23-25H,14-15H2,1-5H3/t23-,24?/m1/s1. The van der Waals surface area contributed by atoms with Gasteiger partial charge in [0, 0.05) is 20.8 Å². The highest BCUT2D eigenvalue weighted by atomic mass is 16.7. The molecule has 0 spiro atoms. The summed E-state index contributed by atoms with van der Waals surface area (Å²) in [6, 6.07) is 13.0. The first-order chi connectivity index (χ1) is 17.4. The Balaban J connectivity index is 2.40. The summed E-state index contributed by atoms with van der Waals surface area (Å²) in [6.45, 7) is 6.59. The fourth-order valence-corrected chi connectivity index (χ4v) is 3.16. The molecule has 0 fully saturated rings. The summed E-state index contributed by atoms with van der Waals surface area (Å²) in [5.74, 6) is -3.75. The van der Waals surface area contributed by atoms with Gasteiger partial charge in [0.15, 0.2) is 6.10 Å². The summed E-state index contributed by atoms with van der Waals surface area (Å²) in [5.41, 5.74) is 2.24. The predicted molar refractivity (Wildman–Crippen MR) is 129 cm³/mol. The zero-order valence-electron chi connectivity index (χ0n) is 21.3. The monoisotopic (exact) mass is 514 g/mol. The van der Waals surface area contributed by atoms with Gasteiger partial charge < -0.3 is 23.7 Å². The van der Waals surface area contributed by atoms with Gasteiger partial charge in [-0.15, -0.1) is 0 Å². The second-order valence-corrected chi connectivity index (χ2v) is 8.31. The lowest BCUT2D eigenvalue weighted by Gasteiger charge is -2.29. The van der Waals surface area contributed by atoms with Crippen LogP contribution in [0, 0.1) is 13.8 Å². The van der Waals surface area contributed by atoms with Crippen LogP contribution in [0.25, 0.3) is 0 Å². The molecule has 37 heavy (non-hydrogen) atoms. The quantitative estimate of drug-likeness (QED) is 0.249. The number of carbonyl (C=O) groups is 5. The van der Waals surface area contributed by atoms with E-state index >= 15 is 0 Å². The molecule has 0 N–H and O–H groups in total. The van der Waals surface area contributed by atoms with Crippen molar-refractivity contribution in [3.8, 4) is 0 Å². The highest BCUT2D eigenvalue weighted by Gasteiger charge is 2.35. The SMILES string of the molecule is CC(=O)OCC(OC(=O)c1ccc(C)cc1)[C@@H](CC(OC(C)=O)OC(C)=O)OC(=O)c1ccc(C)cc1. The first-order valence-electron chi connectivity index (χ1n) is 11.5. The minimum atomic E-state index is -1.47. The summed E-state index contributed by atoms with van der Waals surface area (Å²) in [4.78, 5) is 60.5. The van der Waals surface area contributed by atoms with Crippen LogP contribution in [0.4, 0.5) is 0 Å². The zero-order chi connectivity index (χ0) is 27.5. The van der Waals surface area contributed by atoms with E-state index in [9.17, 15) is 24.0 Å². The number of esters is 5. The fraction of sp³-hybridized carbons (Fsp3) is 0.370. The molecule has 2 atom stereocenters. The maximum absolute atomic E-state index is 12.9. The summed E-state index contributed by atoms with van der Waals surface area (Å²) >= 11 is 0. The molecule has 0 radical (unpaired) electrons. The van der Waals surface area contributed by atoms with Gasteiger partial charge in [-0.25, -0.2) is 9.59 Å². The molecule has 0 aliphatic rings. The predicted octanol–water partition coefficient (Wildman–Crippen LogP) is 3.46. The van der Waals surface area contributed by atoms with E-state index in [1.807, 2.05) is 13.8 Å². The van der Waals surface area contributed by atoms with Gasteiger partial charge in [0.25, 0.3) is 6.29 Å². The number of hydrogen-bond donors (Lipinski definition) is 0. The summed E-state index contributed by atoms with van der Waals surface area (Å²) in [6.07, 6.45) is -4.54. The fourth-order valence-electron chi connectivity index (χ4n) is 3.16. The van der Waals surface area contributed by atoms with Gasteiger partial charge >= 0.3 is 29.8 Å². The van der Waals surface area contributed by atoms with Crippen LogP contribution < -0.4 is 0 Å². The number of benzene rings is 2. The Kier molecular flexibility index (Phi) is 10.8. The Morgan fingerprint density at radius 2 is 1.00 bits per heavy atom. The van der Waals surface area contributed by atoms with Crippen molar-refractivity contribution >= 4 is 29.8 Å². The molecule has 10 nitrogen and oxygen atoms in total. The van der Waals surface area contributed by atoms with Crippen molar-refractivity contribution in [3.05, 3.63) is 70.8 Å². The molecule has 2 rings (SSSR count). The minimum Gasteiger partial charge on any atom is -0.462 e. The Morgan fingerprint density at radius 3 is 1.38 bits per heavy atom. The van der Waals surface area contributed by atoms with Crippen LogP contribution in [0.1, 0.15) is 59.0 Å². The van der Waals surface area contributed by atoms with E-state index in [-0.39, 0.29) is 11.1 Å². The van der Waals surface area contributed by atoms with Crippen molar-refractivity contribution in [3.63, 3.8) is 0 Å². The highest BCUT2D eigenvalue weighted by molar-refractivity contribution is 5.90. The molecule has 1 unspecified atom stereocenters. The van der Waals surface area contributed by atoms with Gasteiger partial charge in [-0.05, 0) is 38.1 Å². The first-order valence-corrected chi connectivity index (χ1v) is 11.5. The van der Waals surface area contributed by atoms with Gasteiger partial charge in [-0.2, -0.15) is 0 Å². The average molecular weight is 515 g/mol. The molecule has 0 amide bonds. The molecule has 0 aliphatic heterocycles. The topological polar surface area (TPSA) is 132 Å². The maximum atomic E-state index is 12.9. The lowest BCUT2D eigenvalue weighted by atomic mass is 10.1. The third-order valence-corrected chi connectivity index (χ3v) is 4.98. The van der Waals surface area contributed by atoms with Crippen molar-refractivity contribution in [2.24, 2.45) is 0 Å². The molecule has 10 heteroatoms. The Hall–Kier alpha value is -4.21. The third kappa shape index (κ3) is 10.1. The van der Waals surface area contributed by atoms with Crippen molar-refractivity contribution in [2.75, 3.05) is 6.61 Å². The Bertz CT molecular complexity index is 1090. The second-order valence-electron chi connectivity index (χ2n) is 8.31. The molecule has 0 heterocycles. The van der Waals surface area contributed by atoms with Crippen molar-refractivity contribution in [1.29, 1.82) is 0 Å². The molecule has 2 aromatic carbocycles. The van der Waals surface area contributed by atoms with E-state index in [0.29, 0.717) is 0 Å². The average Bonchev–Trinajstić information content (AvgIpc) is 2.81. The van der Waals surface area contributed by atoms with Gasteiger partial charge in [0.2, 0.25) is 0 Å². The van der Waals surface area contributed by atoms with Crippen LogP contribution >= 0.6 is 0 Å². The lowest BCUT2D eigenvalue weighted by Crippen LogP contribution is -2.42. The Morgan fingerprint density at radius 1 is 0.595 bits per heavy atom. The summed E-state index contributed by atoms with van der Waals surface area (Å²) in [7, 11) is 0. The molecular weight excluding hydrogens is 484 g/mol. The number of aryl methyl sites for hydroxylation is 2. The number of hydrogen-bond acceptors (Lipinski definition) is 10. The zero-order valence-corrected chi connectivity index (χ0v) is 21.3. The molecular formula is C27H30O10. The normalized spacial score (nSPS) is 12.2. The smallest absolute Gasteiger partial charge is 0.338 e. The molecule has 198 valence electrons. The largest absolute Gasteiger partial charge is 0.462 e. The maximum Gasteiger partial charge on any atom is 0.338 e. The number of ether oxygens (including phenoxy) is 5. The molecule has 2 aromatic rings. The molecule has 0 saturated carbocycles. The van der Waals surface area contributed by atoms with E-state index in [2.05, 4.69) is 0 Å². The van der Waals surface area contributed by atoms with Crippen molar-refractivity contribution in [1.82, 2.24) is 0 Å². The van der Waals surface area contributed by atoms with Crippen LogP contribution in [0.2, 0.25) is 0 Å².